The molecule has 0 unspecified atom stereocenters. The number of aliphatic hydroxyl groups is 1. The molecular formula is C27H33FN4O2. The highest BCUT2D eigenvalue weighted by atomic mass is 19.1. The van der Waals surface area contributed by atoms with Crippen molar-refractivity contribution in [3.8, 4) is 11.1 Å². The van der Waals surface area contributed by atoms with Gasteiger partial charge in [-0.05, 0) is 68.1 Å². The molecule has 3 aromatic rings. The fourth-order valence-electron chi connectivity index (χ4n) is 4.47. The van der Waals surface area contributed by atoms with Gasteiger partial charge in [-0.3, -0.25) is 4.79 Å². The van der Waals surface area contributed by atoms with E-state index in [0.717, 1.165) is 37.2 Å². The summed E-state index contributed by atoms with van der Waals surface area (Å²) in [5.41, 5.74) is 3.65. The van der Waals surface area contributed by atoms with Gasteiger partial charge in [0.2, 0.25) is 0 Å². The number of carbonyl (C=O) groups excluding carboxylic acids is 1. The summed E-state index contributed by atoms with van der Waals surface area (Å²) in [6, 6.07) is 12.6. The van der Waals surface area contributed by atoms with E-state index in [4.69, 9.17) is 0 Å². The monoisotopic (exact) mass is 464 g/mol. The molecule has 1 aromatic heterocycles. The number of hydrogen-bond acceptors (Lipinski definition) is 4. The van der Waals surface area contributed by atoms with Crippen molar-refractivity contribution in [2.75, 3.05) is 26.2 Å². The number of hydrogen-bond donors (Lipinski definition) is 1. The quantitative estimate of drug-likeness (QED) is 0.522. The van der Waals surface area contributed by atoms with E-state index < -0.39 is 6.04 Å². The number of nitrogens with zero attached hydrogens (tertiary/aromatic N) is 4. The number of carbonyl (C=O) groups is 1. The molecule has 0 bridgehead atoms. The summed E-state index contributed by atoms with van der Waals surface area (Å²) in [5.74, 6) is -0.560. The van der Waals surface area contributed by atoms with Crippen LogP contribution in [-0.2, 0) is 20.0 Å². The first-order chi connectivity index (χ1) is 16.4. The van der Waals surface area contributed by atoms with E-state index in [-0.39, 0.29) is 24.9 Å². The van der Waals surface area contributed by atoms with Crippen LogP contribution in [0.1, 0.15) is 41.4 Å². The van der Waals surface area contributed by atoms with Crippen LogP contribution in [0.25, 0.3) is 11.1 Å². The standard InChI is InChI=1S/C27H33FN4O2/c1-20(18-33)32(27(34)26-17-30(2)19-29-26)16-22-8-9-25(28)24(15-22)23-7-5-6-21(14-23)10-13-31-11-3-4-12-31/h5-9,14-15,17,19-20,33H,3-4,10-13,16,18H2,1-2H3/t20-/m0/s1. The van der Waals surface area contributed by atoms with Gasteiger partial charge in [0.05, 0.1) is 19.0 Å². The maximum absolute atomic E-state index is 14.9. The first-order valence-electron chi connectivity index (χ1n) is 11.9. The Kier molecular flexibility index (Phi) is 7.75. The first-order valence-corrected chi connectivity index (χ1v) is 11.9. The number of likely N-dealkylation sites (tertiary alicyclic amines) is 1. The van der Waals surface area contributed by atoms with E-state index in [1.165, 1.54) is 24.5 Å². The topological polar surface area (TPSA) is 61.6 Å². The van der Waals surface area contributed by atoms with Gasteiger partial charge in [0.1, 0.15) is 11.5 Å². The maximum Gasteiger partial charge on any atom is 0.274 e. The van der Waals surface area contributed by atoms with Gasteiger partial charge in [-0.15, -0.1) is 0 Å². The molecule has 0 radical (unpaired) electrons. The first kappa shape index (κ1) is 24.1. The van der Waals surface area contributed by atoms with Crippen LogP contribution >= 0.6 is 0 Å². The summed E-state index contributed by atoms with van der Waals surface area (Å²) in [6.07, 6.45) is 6.71. The predicted octanol–water partition coefficient (Wildman–Crippen LogP) is 3.89. The molecule has 1 fully saturated rings. The second kappa shape index (κ2) is 10.9. The van der Waals surface area contributed by atoms with Crippen LogP contribution in [-0.4, -0.2) is 62.6 Å². The number of imidazole rings is 1. The largest absolute Gasteiger partial charge is 0.394 e. The van der Waals surface area contributed by atoms with Crippen molar-refractivity contribution in [2.24, 2.45) is 7.05 Å². The van der Waals surface area contributed by atoms with Gasteiger partial charge in [0.25, 0.3) is 5.91 Å². The Morgan fingerprint density at radius 3 is 2.68 bits per heavy atom. The molecule has 1 amide bonds. The predicted molar refractivity (Wildman–Crippen MR) is 131 cm³/mol. The van der Waals surface area contributed by atoms with E-state index in [1.807, 2.05) is 12.1 Å². The molecule has 0 aliphatic carbocycles. The zero-order chi connectivity index (χ0) is 24.1. The normalized spacial score (nSPS) is 14.9. The number of benzene rings is 2. The van der Waals surface area contributed by atoms with Crippen molar-refractivity contribution >= 4 is 5.91 Å². The summed E-state index contributed by atoms with van der Waals surface area (Å²) >= 11 is 0. The lowest BCUT2D eigenvalue weighted by Gasteiger charge is -2.27. The van der Waals surface area contributed by atoms with Crippen LogP contribution < -0.4 is 0 Å². The molecule has 180 valence electrons. The van der Waals surface area contributed by atoms with Crippen molar-refractivity contribution in [2.45, 2.75) is 38.8 Å². The molecule has 1 atom stereocenters. The molecular weight excluding hydrogens is 431 g/mol. The van der Waals surface area contributed by atoms with Crippen molar-refractivity contribution in [1.29, 1.82) is 0 Å². The molecule has 1 aliphatic heterocycles. The van der Waals surface area contributed by atoms with Gasteiger partial charge < -0.3 is 19.5 Å². The lowest BCUT2D eigenvalue weighted by atomic mass is 9.99. The molecule has 2 aromatic carbocycles. The Balaban J connectivity index is 1.55. The summed E-state index contributed by atoms with van der Waals surface area (Å²) in [6.45, 7) is 5.21. The number of aryl methyl sites for hydroxylation is 1. The minimum Gasteiger partial charge on any atom is -0.394 e. The van der Waals surface area contributed by atoms with E-state index in [2.05, 4.69) is 22.0 Å². The highest BCUT2D eigenvalue weighted by molar-refractivity contribution is 5.92. The molecule has 1 saturated heterocycles. The minimum atomic E-state index is -0.406. The molecule has 0 spiro atoms. The Labute approximate surface area is 200 Å². The maximum atomic E-state index is 14.9. The number of aromatic nitrogens is 2. The average molecular weight is 465 g/mol. The fourth-order valence-corrected chi connectivity index (χ4v) is 4.47. The van der Waals surface area contributed by atoms with Crippen LogP contribution in [0, 0.1) is 5.82 Å². The van der Waals surface area contributed by atoms with E-state index >= 15 is 0 Å². The van der Waals surface area contributed by atoms with Crippen molar-refractivity contribution in [3.05, 3.63) is 77.6 Å². The molecule has 6 nitrogen and oxygen atoms in total. The fraction of sp³-hybridized carbons (Fsp3) is 0.407. The molecule has 0 saturated carbocycles. The Bertz CT molecular complexity index is 1120. The zero-order valence-corrected chi connectivity index (χ0v) is 20.0. The average Bonchev–Trinajstić information content (AvgIpc) is 3.53. The SMILES string of the molecule is C[C@@H](CO)N(Cc1ccc(F)c(-c2cccc(CCN3CCCC3)c2)c1)C(=O)c1cn(C)cn1. The lowest BCUT2D eigenvalue weighted by Crippen LogP contribution is -2.40. The van der Waals surface area contributed by atoms with Gasteiger partial charge in [-0.1, -0.05) is 30.3 Å². The Hall–Kier alpha value is -3.03. The third-order valence-electron chi connectivity index (χ3n) is 6.52. The second-order valence-electron chi connectivity index (χ2n) is 9.20. The number of halogens is 1. The lowest BCUT2D eigenvalue weighted by molar-refractivity contribution is 0.0593. The van der Waals surface area contributed by atoms with Crippen LogP contribution in [0.3, 0.4) is 0 Å². The van der Waals surface area contributed by atoms with Crippen LogP contribution in [0.4, 0.5) is 4.39 Å². The number of amides is 1. The van der Waals surface area contributed by atoms with Gasteiger partial charge in [0, 0.05) is 31.9 Å². The molecule has 7 heteroatoms. The highest BCUT2D eigenvalue weighted by Gasteiger charge is 2.23. The van der Waals surface area contributed by atoms with E-state index in [9.17, 15) is 14.3 Å². The van der Waals surface area contributed by atoms with E-state index in [1.54, 1.807) is 48.1 Å². The van der Waals surface area contributed by atoms with Crippen LogP contribution in [0.2, 0.25) is 0 Å². The van der Waals surface area contributed by atoms with Crippen molar-refractivity contribution < 1.29 is 14.3 Å². The minimum absolute atomic E-state index is 0.175. The zero-order valence-electron chi connectivity index (χ0n) is 20.0. The Morgan fingerprint density at radius 2 is 1.97 bits per heavy atom. The number of rotatable bonds is 9. The summed E-state index contributed by atoms with van der Waals surface area (Å²) in [7, 11) is 1.80. The van der Waals surface area contributed by atoms with Gasteiger partial charge in [0.15, 0.2) is 0 Å². The molecule has 34 heavy (non-hydrogen) atoms. The highest BCUT2D eigenvalue weighted by Crippen LogP contribution is 2.26. The van der Waals surface area contributed by atoms with Crippen LogP contribution in [0.15, 0.2) is 55.0 Å². The third kappa shape index (κ3) is 5.72. The van der Waals surface area contributed by atoms with Gasteiger partial charge in [-0.2, -0.15) is 0 Å². The second-order valence-corrected chi connectivity index (χ2v) is 9.20. The van der Waals surface area contributed by atoms with Gasteiger partial charge in [-0.25, -0.2) is 9.37 Å². The Morgan fingerprint density at radius 1 is 1.18 bits per heavy atom. The summed E-state index contributed by atoms with van der Waals surface area (Å²) < 4.78 is 16.6. The smallest absolute Gasteiger partial charge is 0.274 e. The third-order valence-corrected chi connectivity index (χ3v) is 6.52. The summed E-state index contributed by atoms with van der Waals surface area (Å²) in [5, 5.41) is 9.74. The van der Waals surface area contributed by atoms with E-state index in [0.29, 0.717) is 11.3 Å². The summed E-state index contributed by atoms with van der Waals surface area (Å²) in [4.78, 5) is 21.3. The molecule has 1 N–H and O–H groups in total. The molecule has 2 heterocycles. The van der Waals surface area contributed by atoms with Crippen molar-refractivity contribution in [3.63, 3.8) is 0 Å². The number of aliphatic hydroxyl groups excluding tert-OH is 1. The molecule has 1 aliphatic rings. The molecule has 4 rings (SSSR count). The van der Waals surface area contributed by atoms with Gasteiger partial charge >= 0.3 is 0 Å². The van der Waals surface area contributed by atoms with Crippen LogP contribution in [0.5, 0.6) is 0 Å². The van der Waals surface area contributed by atoms with Crippen molar-refractivity contribution in [1.82, 2.24) is 19.4 Å².